The van der Waals surface area contributed by atoms with Crippen LogP contribution in [0.25, 0.3) is 6.08 Å². The highest BCUT2D eigenvalue weighted by molar-refractivity contribution is 6.50. The summed E-state index contributed by atoms with van der Waals surface area (Å²) in [7, 11) is -1.98. The molecule has 1 aromatic rings. The first kappa shape index (κ1) is 15.4. The van der Waals surface area contributed by atoms with Crippen LogP contribution in [0.2, 0.25) is 0 Å². The lowest BCUT2D eigenvalue weighted by Crippen LogP contribution is -2.02. The highest BCUT2D eigenvalue weighted by Gasteiger charge is 2.20. The van der Waals surface area contributed by atoms with Crippen molar-refractivity contribution >= 4 is 19.5 Å². The maximum absolute atomic E-state index is 9.75. The summed E-state index contributed by atoms with van der Waals surface area (Å²) in [6.07, 6.45) is 6.14. The van der Waals surface area contributed by atoms with E-state index in [1.54, 1.807) is 0 Å². The zero-order chi connectivity index (χ0) is 13.3. The largest absolute Gasteiger partial charge is 0.673 e. The molecule has 1 nitrogen and oxygen atoms in total. The normalized spacial score (nSPS) is 10.7. The molecule has 0 atom stereocenters. The van der Waals surface area contributed by atoms with E-state index in [0.29, 0.717) is 0 Å². The van der Waals surface area contributed by atoms with Crippen molar-refractivity contribution in [3.8, 4) is 0 Å². The van der Waals surface area contributed by atoms with Crippen molar-refractivity contribution in [2.45, 2.75) is 0 Å². The molecule has 1 aromatic carbocycles. The van der Waals surface area contributed by atoms with Crippen molar-refractivity contribution < 1.29 is 21.8 Å². The molecule has 0 fully saturated rings. The van der Waals surface area contributed by atoms with Crippen LogP contribution in [0.15, 0.2) is 36.4 Å². The Morgan fingerprint density at radius 3 is 1.88 bits per heavy atom. The fraction of sp³-hybridized carbons (Fsp3) is 0.182. The van der Waals surface area contributed by atoms with Crippen LogP contribution < -0.4 is 0 Å². The molecule has 0 unspecified atom stereocenters. The smallest absolute Gasteiger partial charge is 0.418 e. The van der Waals surface area contributed by atoms with Gasteiger partial charge in [0.2, 0.25) is 0 Å². The average molecular weight is 247 g/mol. The highest BCUT2D eigenvalue weighted by atomic mass is 19.5. The summed E-state index contributed by atoms with van der Waals surface area (Å²) in [5.74, 6) is 0. The predicted octanol–water partition coefficient (Wildman–Crippen LogP) is 3.34. The minimum Gasteiger partial charge on any atom is -0.418 e. The predicted molar refractivity (Wildman–Crippen MR) is 63.8 cm³/mol. The molecule has 0 N–H and O–H groups in total. The van der Waals surface area contributed by atoms with Crippen molar-refractivity contribution in [2.75, 3.05) is 14.1 Å². The SMILES string of the molecule is C[N+](C)=C/C=C/c1ccccc1.F[B-](F)(F)F. The second-order valence-electron chi connectivity index (χ2n) is 3.38. The number of allylic oxidation sites excluding steroid dienone is 1. The van der Waals surface area contributed by atoms with Gasteiger partial charge in [-0.05, 0) is 11.6 Å². The number of halogens is 4. The van der Waals surface area contributed by atoms with Crippen LogP contribution >= 0.6 is 0 Å². The molecule has 0 amide bonds. The Morgan fingerprint density at radius 1 is 1.00 bits per heavy atom. The van der Waals surface area contributed by atoms with E-state index < -0.39 is 7.25 Å². The van der Waals surface area contributed by atoms with E-state index in [0.717, 1.165) is 0 Å². The molecule has 0 aromatic heterocycles. The van der Waals surface area contributed by atoms with Gasteiger partial charge in [0.1, 0.15) is 14.1 Å². The molecule has 94 valence electrons. The zero-order valence-corrected chi connectivity index (χ0v) is 9.66. The summed E-state index contributed by atoms with van der Waals surface area (Å²) in [4.78, 5) is 0. The maximum atomic E-state index is 9.75. The molecule has 0 bridgehead atoms. The van der Waals surface area contributed by atoms with Crippen molar-refractivity contribution in [1.82, 2.24) is 0 Å². The van der Waals surface area contributed by atoms with E-state index >= 15 is 0 Å². The number of hydrogen-bond donors (Lipinski definition) is 0. The van der Waals surface area contributed by atoms with Gasteiger partial charge in [-0.3, -0.25) is 0 Å². The number of rotatable bonds is 2. The second-order valence-corrected chi connectivity index (χ2v) is 3.38. The Kier molecular flexibility index (Phi) is 6.94. The topological polar surface area (TPSA) is 3.01 Å². The van der Waals surface area contributed by atoms with Crippen LogP contribution in [-0.2, 0) is 0 Å². The second kappa shape index (κ2) is 7.65. The van der Waals surface area contributed by atoms with E-state index in [1.807, 2.05) is 49.2 Å². The third kappa shape index (κ3) is 14.4. The van der Waals surface area contributed by atoms with Gasteiger partial charge in [-0.15, -0.1) is 0 Å². The monoisotopic (exact) mass is 247 g/mol. The molecule has 0 spiro atoms. The molecular formula is C11H14BF4N. The summed E-state index contributed by atoms with van der Waals surface area (Å²) in [5, 5.41) is 0. The molecule has 0 heterocycles. The molecule has 1 rings (SSSR count). The number of nitrogens with zero attached hydrogens (tertiary/aromatic N) is 1. The van der Waals surface area contributed by atoms with Crippen molar-refractivity contribution in [3.05, 3.63) is 42.0 Å². The minimum atomic E-state index is -6.00. The number of hydrogen-bond acceptors (Lipinski definition) is 0. The van der Waals surface area contributed by atoms with Crippen LogP contribution in [0.3, 0.4) is 0 Å². The minimum absolute atomic E-state index is 1.23. The molecule has 0 aliphatic carbocycles. The van der Waals surface area contributed by atoms with Gasteiger partial charge >= 0.3 is 7.25 Å². The van der Waals surface area contributed by atoms with Crippen molar-refractivity contribution in [1.29, 1.82) is 0 Å². The first-order valence-electron chi connectivity index (χ1n) is 4.89. The molecular weight excluding hydrogens is 233 g/mol. The zero-order valence-electron chi connectivity index (χ0n) is 9.66. The molecule has 0 aliphatic rings. The van der Waals surface area contributed by atoms with Crippen LogP contribution in [0.1, 0.15) is 5.56 Å². The van der Waals surface area contributed by atoms with E-state index in [-0.39, 0.29) is 0 Å². The lowest BCUT2D eigenvalue weighted by Gasteiger charge is -1.94. The third-order valence-electron chi connectivity index (χ3n) is 1.47. The summed E-state index contributed by atoms with van der Waals surface area (Å²) in [6.45, 7) is 0. The van der Waals surface area contributed by atoms with Gasteiger partial charge in [-0.25, -0.2) is 4.58 Å². The molecule has 0 saturated heterocycles. The summed E-state index contributed by atoms with van der Waals surface area (Å²) >= 11 is 0. The Balaban J connectivity index is 0.000000437. The first-order chi connectivity index (χ1) is 7.79. The summed E-state index contributed by atoms with van der Waals surface area (Å²) < 4.78 is 41.0. The van der Waals surface area contributed by atoms with Crippen LogP contribution in [0.5, 0.6) is 0 Å². The van der Waals surface area contributed by atoms with Gasteiger partial charge in [0.15, 0.2) is 6.21 Å². The van der Waals surface area contributed by atoms with Crippen LogP contribution in [0.4, 0.5) is 17.3 Å². The quantitative estimate of drug-likeness (QED) is 0.326. The van der Waals surface area contributed by atoms with Gasteiger partial charge in [0.05, 0.1) is 0 Å². The van der Waals surface area contributed by atoms with Gasteiger partial charge in [-0.2, -0.15) is 0 Å². The average Bonchev–Trinajstić information content (AvgIpc) is 2.16. The van der Waals surface area contributed by atoms with Crippen molar-refractivity contribution in [2.24, 2.45) is 0 Å². The van der Waals surface area contributed by atoms with Gasteiger partial charge in [0, 0.05) is 6.08 Å². The lowest BCUT2D eigenvalue weighted by atomic mass is 10.2. The van der Waals surface area contributed by atoms with E-state index in [2.05, 4.69) is 18.2 Å². The summed E-state index contributed by atoms with van der Waals surface area (Å²) in [5.41, 5.74) is 1.23. The van der Waals surface area contributed by atoms with E-state index in [1.165, 1.54) is 5.56 Å². The fourth-order valence-electron chi connectivity index (χ4n) is 0.890. The Bertz CT molecular complexity index is 361. The fourth-order valence-corrected chi connectivity index (χ4v) is 0.890. The maximum Gasteiger partial charge on any atom is 0.673 e. The van der Waals surface area contributed by atoms with Crippen LogP contribution in [-0.4, -0.2) is 32.1 Å². The number of benzene rings is 1. The molecule has 0 aliphatic heterocycles. The first-order valence-corrected chi connectivity index (χ1v) is 4.89. The Hall–Kier alpha value is -1.59. The Morgan fingerprint density at radius 2 is 1.47 bits per heavy atom. The highest BCUT2D eigenvalue weighted by Crippen LogP contribution is 2.06. The molecule has 17 heavy (non-hydrogen) atoms. The van der Waals surface area contributed by atoms with Gasteiger partial charge in [-0.1, -0.05) is 30.3 Å². The molecule has 6 heteroatoms. The van der Waals surface area contributed by atoms with Gasteiger partial charge < -0.3 is 17.3 Å². The lowest BCUT2D eigenvalue weighted by molar-refractivity contribution is -0.458. The summed E-state index contributed by atoms with van der Waals surface area (Å²) in [6, 6.07) is 10.3. The Labute approximate surface area is 98.2 Å². The molecule has 0 radical (unpaired) electrons. The third-order valence-corrected chi connectivity index (χ3v) is 1.47. The van der Waals surface area contributed by atoms with Crippen molar-refractivity contribution in [3.63, 3.8) is 0 Å². The molecule has 0 saturated carbocycles. The van der Waals surface area contributed by atoms with Gasteiger partial charge in [0.25, 0.3) is 0 Å². The van der Waals surface area contributed by atoms with Crippen LogP contribution in [0, 0.1) is 0 Å². The standard InChI is InChI=1S/C11H14N.BF4/c1-12(2)10-6-9-11-7-4-3-5-8-11;2-1(3,4)5/h3-10H,1-2H3;/q+1;-1/b9-6+;. The van der Waals surface area contributed by atoms with E-state index in [9.17, 15) is 17.3 Å². The van der Waals surface area contributed by atoms with E-state index in [4.69, 9.17) is 0 Å².